The molecule has 2 saturated heterocycles. The number of nitrogens with one attached hydrogen (secondary N) is 1. The van der Waals surface area contributed by atoms with Crippen LogP contribution in [0.5, 0.6) is 0 Å². The third kappa shape index (κ3) is 8.79. The zero-order valence-corrected chi connectivity index (χ0v) is 27.1. The molecule has 42 heavy (non-hydrogen) atoms. The summed E-state index contributed by atoms with van der Waals surface area (Å²) in [6.45, 7) is 12.1. The summed E-state index contributed by atoms with van der Waals surface area (Å²) in [4.78, 5) is 58.1. The molecule has 0 aromatic rings. The monoisotopic (exact) mass is 598 g/mol. The quantitative estimate of drug-likeness (QED) is 0.302. The van der Waals surface area contributed by atoms with E-state index in [4.69, 9.17) is 18.9 Å². The number of methoxy groups -OCH3 is 3. The molecule has 0 saturated carbocycles. The first kappa shape index (κ1) is 35.8. The van der Waals surface area contributed by atoms with Gasteiger partial charge in [-0.25, -0.2) is 4.79 Å². The van der Waals surface area contributed by atoms with E-state index in [0.717, 1.165) is 19.3 Å². The van der Waals surface area contributed by atoms with Gasteiger partial charge < -0.3 is 39.0 Å². The number of nitrogens with zero attached hydrogens (tertiary/aromatic N) is 3. The Labute approximate surface area is 251 Å². The van der Waals surface area contributed by atoms with Crippen molar-refractivity contribution >= 4 is 23.8 Å². The number of likely N-dealkylation sites (N-methyl/N-ethyl adjacent to an activating group) is 1. The highest BCUT2D eigenvalue weighted by molar-refractivity contribution is 5.87. The Hall–Kier alpha value is -2.44. The van der Waals surface area contributed by atoms with Crippen LogP contribution in [0.4, 0.5) is 4.79 Å². The summed E-state index contributed by atoms with van der Waals surface area (Å²) in [6, 6.07) is -1.70. The van der Waals surface area contributed by atoms with E-state index in [9.17, 15) is 19.2 Å². The molecule has 2 unspecified atom stereocenters. The second kappa shape index (κ2) is 17.0. The van der Waals surface area contributed by atoms with Gasteiger partial charge in [0.05, 0.1) is 57.0 Å². The number of likely N-dealkylation sites (tertiary alicyclic amines) is 1. The van der Waals surface area contributed by atoms with E-state index in [-0.39, 0.29) is 48.1 Å². The zero-order chi connectivity index (χ0) is 31.6. The van der Waals surface area contributed by atoms with Crippen molar-refractivity contribution in [2.75, 3.05) is 61.2 Å². The molecule has 1 N–H and O–H groups in total. The maximum Gasteiger partial charge on any atom is 0.318 e. The average Bonchev–Trinajstić information content (AvgIpc) is 3.48. The first-order valence-electron chi connectivity index (χ1n) is 15.3. The topological polar surface area (TPSA) is 127 Å². The van der Waals surface area contributed by atoms with Gasteiger partial charge in [-0.05, 0) is 31.6 Å². The molecule has 2 rings (SSSR count). The Morgan fingerprint density at radius 2 is 1.64 bits per heavy atom. The molecular formula is C30H54N4O8. The van der Waals surface area contributed by atoms with Gasteiger partial charge in [-0.15, -0.1) is 0 Å². The van der Waals surface area contributed by atoms with Gasteiger partial charge in [-0.3, -0.25) is 14.4 Å². The molecule has 12 heteroatoms. The highest BCUT2D eigenvalue weighted by Crippen LogP contribution is 2.29. The van der Waals surface area contributed by atoms with Gasteiger partial charge in [0.25, 0.3) is 0 Å². The number of ether oxygens (including phenoxy) is 4. The molecule has 2 fully saturated rings. The Morgan fingerprint density at radius 1 is 1.00 bits per heavy atom. The van der Waals surface area contributed by atoms with Crippen molar-refractivity contribution in [3.63, 3.8) is 0 Å². The van der Waals surface area contributed by atoms with E-state index in [0.29, 0.717) is 32.8 Å². The molecule has 0 radical (unpaired) electrons. The van der Waals surface area contributed by atoms with Crippen molar-refractivity contribution in [3.05, 3.63) is 0 Å². The summed E-state index contributed by atoms with van der Waals surface area (Å²) in [5.74, 6) is -1.39. The van der Waals surface area contributed by atoms with E-state index in [1.54, 1.807) is 42.9 Å². The Kier molecular flexibility index (Phi) is 14.5. The number of rotatable bonds is 14. The molecule has 0 bridgehead atoms. The number of urea groups is 1. The van der Waals surface area contributed by atoms with Crippen LogP contribution in [0.15, 0.2) is 0 Å². The third-order valence-electron chi connectivity index (χ3n) is 8.93. The summed E-state index contributed by atoms with van der Waals surface area (Å²) in [5, 5.41) is 2.94. The Balaban J connectivity index is 2.24. The van der Waals surface area contributed by atoms with Crippen molar-refractivity contribution in [1.29, 1.82) is 0 Å². The molecule has 0 aliphatic carbocycles. The lowest BCUT2D eigenvalue weighted by Gasteiger charge is -2.41. The summed E-state index contributed by atoms with van der Waals surface area (Å²) in [7, 11) is 6.18. The van der Waals surface area contributed by atoms with Crippen LogP contribution in [0.25, 0.3) is 0 Å². The van der Waals surface area contributed by atoms with Crippen molar-refractivity contribution in [2.24, 2.45) is 17.8 Å². The smallest absolute Gasteiger partial charge is 0.318 e. The molecule has 12 nitrogen and oxygen atoms in total. The molecule has 0 aromatic carbocycles. The van der Waals surface area contributed by atoms with Crippen LogP contribution in [-0.2, 0) is 33.3 Å². The summed E-state index contributed by atoms with van der Waals surface area (Å²) < 4.78 is 21.9. The lowest BCUT2D eigenvalue weighted by Crippen LogP contribution is -2.59. The van der Waals surface area contributed by atoms with Crippen LogP contribution in [0, 0.1) is 17.8 Å². The highest BCUT2D eigenvalue weighted by atomic mass is 16.5. The minimum absolute atomic E-state index is 0.0138. The predicted molar refractivity (Wildman–Crippen MR) is 158 cm³/mol. The second-order valence-corrected chi connectivity index (χ2v) is 11.9. The van der Waals surface area contributed by atoms with Gasteiger partial charge >= 0.3 is 12.0 Å². The Bertz CT molecular complexity index is 897. The summed E-state index contributed by atoms with van der Waals surface area (Å²) in [6.07, 6.45) is 1.27. The normalized spacial score (nSPS) is 21.7. The standard InChI is InChI=1S/C30H54N4O8/c1-10-20(4)26(32(6)28(36)25(19(2)3)31-30(38)33-14-16-42-17-15-33)23(39-7)18-24(35)34-13-11-12-22(34)27(40-8)21(5)29(37)41-9/h19-23,25-27H,10-18H2,1-9H3,(H,31,38)/t20-,21+,22?,23+,25?,26-,27+/m0/s1. The number of hydrogen-bond acceptors (Lipinski definition) is 8. The lowest BCUT2D eigenvalue weighted by molar-refractivity contribution is -0.154. The van der Waals surface area contributed by atoms with Crippen molar-refractivity contribution in [1.82, 2.24) is 20.0 Å². The van der Waals surface area contributed by atoms with Crippen LogP contribution in [0.2, 0.25) is 0 Å². The SMILES string of the molecule is CC[C@H](C)[C@@H]([C@@H](CC(=O)N1CCCC1[C@H](OC)[C@@H](C)C(=O)OC)OC)N(C)C(=O)C(NC(=O)N1CCOCC1)C(C)C. The number of carbonyl (C=O) groups excluding carboxylic acids is 4. The van der Waals surface area contributed by atoms with Gasteiger partial charge in [0.15, 0.2) is 0 Å². The maximum absolute atomic E-state index is 13.9. The number of hydrogen-bond donors (Lipinski definition) is 1. The zero-order valence-electron chi connectivity index (χ0n) is 27.1. The van der Waals surface area contributed by atoms with Gasteiger partial charge in [0.2, 0.25) is 11.8 Å². The van der Waals surface area contributed by atoms with Crippen LogP contribution >= 0.6 is 0 Å². The molecule has 2 aliphatic rings. The molecule has 0 aromatic heterocycles. The summed E-state index contributed by atoms with van der Waals surface area (Å²) in [5.41, 5.74) is 0. The van der Waals surface area contributed by atoms with E-state index in [1.165, 1.54) is 7.11 Å². The van der Waals surface area contributed by atoms with E-state index in [2.05, 4.69) is 5.32 Å². The molecule has 2 aliphatic heterocycles. The van der Waals surface area contributed by atoms with Crippen LogP contribution < -0.4 is 5.32 Å². The second-order valence-electron chi connectivity index (χ2n) is 11.9. The van der Waals surface area contributed by atoms with E-state index >= 15 is 0 Å². The number of morpholine rings is 1. The van der Waals surface area contributed by atoms with E-state index in [1.807, 2.05) is 27.7 Å². The van der Waals surface area contributed by atoms with Crippen LogP contribution in [-0.4, -0.2) is 130 Å². The van der Waals surface area contributed by atoms with Crippen LogP contribution in [0.1, 0.15) is 60.3 Å². The third-order valence-corrected chi connectivity index (χ3v) is 8.93. The van der Waals surface area contributed by atoms with Crippen molar-refractivity contribution in [3.8, 4) is 0 Å². The molecule has 7 atom stereocenters. The molecule has 4 amide bonds. The number of amides is 4. The minimum atomic E-state index is -0.740. The first-order chi connectivity index (χ1) is 19.9. The van der Waals surface area contributed by atoms with E-state index < -0.39 is 30.2 Å². The minimum Gasteiger partial charge on any atom is -0.469 e. The van der Waals surface area contributed by atoms with Gasteiger partial charge in [0, 0.05) is 40.9 Å². The largest absolute Gasteiger partial charge is 0.469 e. The molecule has 242 valence electrons. The van der Waals surface area contributed by atoms with Crippen LogP contribution in [0.3, 0.4) is 0 Å². The predicted octanol–water partition coefficient (Wildman–Crippen LogP) is 2.15. The highest BCUT2D eigenvalue weighted by Gasteiger charge is 2.43. The van der Waals surface area contributed by atoms with Gasteiger partial charge in [0.1, 0.15) is 6.04 Å². The average molecular weight is 599 g/mol. The fourth-order valence-electron chi connectivity index (χ4n) is 6.20. The van der Waals surface area contributed by atoms with Gasteiger partial charge in [-0.1, -0.05) is 34.1 Å². The molecule has 0 spiro atoms. The fourth-order valence-corrected chi connectivity index (χ4v) is 6.20. The maximum atomic E-state index is 13.9. The van der Waals surface area contributed by atoms with Crippen molar-refractivity contribution in [2.45, 2.75) is 90.6 Å². The molecular weight excluding hydrogens is 544 g/mol. The first-order valence-corrected chi connectivity index (χ1v) is 15.3. The lowest BCUT2D eigenvalue weighted by atomic mass is 9.89. The molecule has 2 heterocycles. The Morgan fingerprint density at radius 3 is 2.17 bits per heavy atom. The van der Waals surface area contributed by atoms with Crippen molar-refractivity contribution < 1.29 is 38.1 Å². The number of esters is 1. The summed E-state index contributed by atoms with van der Waals surface area (Å²) >= 11 is 0. The number of carbonyl (C=O) groups is 4. The van der Waals surface area contributed by atoms with Gasteiger partial charge in [-0.2, -0.15) is 0 Å². The fraction of sp³-hybridized carbons (Fsp3) is 0.867.